The molecule has 2 rings (SSSR count). The summed E-state index contributed by atoms with van der Waals surface area (Å²) in [7, 11) is 0. The molecule has 0 aromatic heterocycles. The zero-order valence-corrected chi connectivity index (χ0v) is 8.37. The SMILES string of the molecule is CC1NC(C)c2ccccc2NC1=O. The molecule has 2 unspecified atom stereocenters. The predicted octanol–water partition coefficient (Wildman–Crippen LogP) is 1.68. The summed E-state index contributed by atoms with van der Waals surface area (Å²) >= 11 is 0. The van der Waals surface area contributed by atoms with Crippen LogP contribution in [0.3, 0.4) is 0 Å². The van der Waals surface area contributed by atoms with Gasteiger partial charge in [-0.2, -0.15) is 0 Å². The van der Waals surface area contributed by atoms with Crippen LogP contribution in [0.4, 0.5) is 5.69 Å². The van der Waals surface area contributed by atoms with Crippen LogP contribution in [0.1, 0.15) is 25.5 Å². The molecule has 0 spiro atoms. The highest BCUT2D eigenvalue weighted by Crippen LogP contribution is 2.25. The molecule has 1 amide bonds. The number of para-hydroxylation sites is 1. The van der Waals surface area contributed by atoms with Gasteiger partial charge in [0, 0.05) is 11.7 Å². The van der Waals surface area contributed by atoms with E-state index in [0.717, 1.165) is 11.3 Å². The summed E-state index contributed by atoms with van der Waals surface area (Å²) in [6.45, 7) is 3.94. The van der Waals surface area contributed by atoms with Crippen LogP contribution in [-0.2, 0) is 4.79 Å². The molecule has 1 aromatic carbocycles. The highest BCUT2D eigenvalue weighted by molar-refractivity contribution is 5.96. The molecule has 1 aliphatic heterocycles. The van der Waals surface area contributed by atoms with Crippen molar-refractivity contribution in [2.75, 3.05) is 5.32 Å². The van der Waals surface area contributed by atoms with Crippen LogP contribution in [0.2, 0.25) is 0 Å². The van der Waals surface area contributed by atoms with Gasteiger partial charge in [0.15, 0.2) is 0 Å². The van der Waals surface area contributed by atoms with Gasteiger partial charge in [-0.15, -0.1) is 0 Å². The summed E-state index contributed by atoms with van der Waals surface area (Å²) in [5, 5.41) is 6.14. The minimum atomic E-state index is -0.141. The Labute approximate surface area is 83.5 Å². The standard InChI is InChI=1S/C11H14N2O/c1-7-9-5-3-4-6-10(9)13-11(14)8(2)12-7/h3-8,12H,1-2H3,(H,13,14). The molecule has 0 saturated carbocycles. The molecule has 0 radical (unpaired) electrons. The first kappa shape index (κ1) is 9.21. The summed E-state index contributed by atoms with van der Waals surface area (Å²) in [6, 6.07) is 7.95. The molecule has 0 saturated heterocycles. The monoisotopic (exact) mass is 190 g/mol. The van der Waals surface area contributed by atoms with Crippen molar-refractivity contribution >= 4 is 11.6 Å². The zero-order chi connectivity index (χ0) is 10.1. The fourth-order valence-corrected chi connectivity index (χ4v) is 1.77. The molecule has 0 fully saturated rings. The Balaban J connectivity index is 2.43. The second-order valence-electron chi connectivity index (χ2n) is 3.69. The van der Waals surface area contributed by atoms with Crippen LogP contribution in [0.5, 0.6) is 0 Å². The van der Waals surface area contributed by atoms with Crippen molar-refractivity contribution in [3.63, 3.8) is 0 Å². The number of fused-ring (bicyclic) bond motifs is 1. The van der Waals surface area contributed by atoms with Gasteiger partial charge in [0.2, 0.25) is 5.91 Å². The number of hydrogen-bond acceptors (Lipinski definition) is 2. The number of hydrogen-bond donors (Lipinski definition) is 2. The number of amides is 1. The first-order valence-electron chi connectivity index (χ1n) is 4.84. The number of nitrogens with one attached hydrogen (secondary N) is 2. The molecule has 14 heavy (non-hydrogen) atoms. The molecule has 2 atom stereocenters. The lowest BCUT2D eigenvalue weighted by Gasteiger charge is -2.14. The Morgan fingerprint density at radius 1 is 1.14 bits per heavy atom. The maximum absolute atomic E-state index is 11.5. The van der Waals surface area contributed by atoms with E-state index < -0.39 is 0 Å². The van der Waals surface area contributed by atoms with Crippen molar-refractivity contribution in [1.29, 1.82) is 0 Å². The average Bonchev–Trinajstić information content (AvgIpc) is 2.27. The minimum absolute atomic E-state index is 0.0294. The van der Waals surface area contributed by atoms with Gasteiger partial charge < -0.3 is 5.32 Å². The molecule has 0 aliphatic carbocycles. The molecule has 1 heterocycles. The molecular weight excluding hydrogens is 176 g/mol. The van der Waals surface area contributed by atoms with Crippen molar-refractivity contribution in [2.45, 2.75) is 25.9 Å². The van der Waals surface area contributed by atoms with E-state index in [1.165, 1.54) is 0 Å². The number of benzene rings is 1. The average molecular weight is 190 g/mol. The van der Waals surface area contributed by atoms with E-state index in [0.29, 0.717) is 0 Å². The smallest absolute Gasteiger partial charge is 0.241 e. The maximum atomic E-state index is 11.5. The van der Waals surface area contributed by atoms with Crippen molar-refractivity contribution < 1.29 is 4.79 Å². The van der Waals surface area contributed by atoms with E-state index >= 15 is 0 Å². The van der Waals surface area contributed by atoms with Crippen LogP contribution < -0.4 is 10.6 Å². The Kier molecular flexibility index (Phi) is 2.25. The van der Waals surface area contributed by atoms with Crippen molar-refractivity contribution in [2.24, 2.45) is 0 Å². The van der Waals surface area contributed by atoms with E-state index in [1.54, 1.807) is 0 Å². The van der Waals surface area contributed by atoms with Crippen molar-refractivity contribution in [3.05, 3.63) is 29.8 Å². The maximum Gasteiger partial charge on any atom is 0.241 e. The van der Waals surface area contributed by atoms with E-state index in [4.69, 9.17) is 0 Å². The Bertz CT molecular complexity index is 362. The molecule has 1 aliphatic rings. The molecule has 3 nitrogen and oxygen atoms in total. The molecular formula is C11H14N2O. The summed E-state index contributed by atoms with van der Waals surface area (Å²) in [6.07, 6.45) is 0. The van der Waals surface area contributed by atoms with E-state index in [-0.39, 0.29) is 18.0 Å². The lowest BCUT2D eigenvalue weighted by molar-refractivity contribution is -0.117. The largest absolute Gasteiger partial charge is 0.324 e. The third-order valence-electron chi connectivity index (χ3n) is 2.58. The van der Waals surface area contributed by atoms with Crippen LogP contribution in [-0.4, -0.2) is 11.9 Å². The predicted molar refractivity (Wildman–Crippen MR) is 56.1 cm³/mol. The molecule has 3 heteroatoms. The van der Waals surface area contributed by atoms with Crippen molar-refractivity contribution in [1.82, 2.24) is 5.32 Å². The first-order valence-corrected chi connectivity index (χ1v) is 4.84. The normalized spacial score (nSPS) is 26.3. The van der Waals surface area contributed by atoms with Gasteiger partial charge in [-0.1, -0.05) is 18.2 Å². The first-order chi connectivity index (χ1) is 6.68. The van der Waals surface area contributed by atoms with Gasteiger partial charge in [-0.05, 0) is 25.5 Å². The molecule has 74 valence electrons. The number of rotatable bonds is 0. The van der Waals surface area contributed by atoms with Gasteiger partial charge in [-0.25, -0.2) is 0 Å². The van der Waals surface area contributed by atoms with Crippen molar-refractivity contribution in [3.8, 4) is 0 Å². The molecule has 0 bridgehead atoms. The highest BCUT2D eigenvalue weighted by atomic mass is 16.2. The van der Waals surface area contributed by atoms with E-state index in [1.807, 2.05) is 31.2 Å². The third-order valence-corrected chi connectivity index (χ3v) is 2.58. The van der Waals surface area contributed by atoms with Gasteiger partial charge in [0.05, 0.1) is 6.04 Å². The number of carbonyl (C=O) groups is 1. The Morgan fingerprint density at radius 3 is 2.64 bits per heavy atom. The highest BCUT2D eigenvalue weighted by Gasteiger charge is 2.22. The number of carbonyl (C=O) groups excluding carboxylic acids is 1. The van der Waals surface area contributed by atoms with Crippen LogP contribution >= 0.6 is 0 Å². The van der Waals surface area contributed by atoms with Crippen LogP contribution in [0.15, 0.2) is 24.3 Å². The van der Waals surface area contributed by atoms with Gasteiger partial charge in [-0.3, -0.25) is 10.1 Å². The van der Waals surface area contributed by atoms with E-state index in [2.05, 4.69) is 17.6 Å². The second kappa shape index (κ2) is 3.42. The van der Waals surface area contributed by atoms with Gasteiger partial charge in [0.25, 0.3) is 0 Å². The third kappa shape index (κ3) is 1.51. The topological polar surface area (TPSA) is 41.1 Å². The van der Waals surface area contributed by atoms with Crippen LogP contribution in [0, 0.1) is 0 Å². The Hall–Kier alpha value is -1.35. The summed E-state index contributed by atoms with van der Waals surface area (Å²) < 4.78 is 0. The second-order valence-corrected chi connectivity index (χ2v) is 3.69. The quantitative estimate of drug-likeness (QED) is 0.653. The fourth-order valence-electron chi connectivity index (χ4n) is 1.77. The Morgan fingerprint density at radius 2 is 1.86 bits per heavy atom. The van der Waals surface area contributed by atoms with Gasteiger partial charge >= 0.3 is 0 Å². The fraction of sp³-hybridized carbons (Fsp3) is 0.364. The van der Waals surface area contributed by atoms with E-state index in [9.17, 15) is 4.79 Å². The lowest BCUT2D eigenvalue weighted by Crippen LogP contribution is -2.36. The minimum Gasteiger partial charge on any atom is -0.324 e. The molecule has 1 aromatic rings. The zero-order valence-electron chi connectivity index (χ0n) is 8.37. The summed E-state index contributed by atoms with van der Waals surface area (Å²) in [5.41, 5.74) is 2.06. The summed E-state index contributed by atoms with van der Waals surface area (Å²) in [4.78, 5) is 11.5. The van der Waals surface area contributed by atoms with Gasteiger partial charge in [0.1, 0.15) is 0 Å². The lowest BCUT2D eigenvalue weighted by atomic mass is 10.1. The molecule has 2 N–H and O–H groups in total. The van der Waals surface area contributed by atoms with Crippen LogP contribution in [0.25, 0.3) is 0 Å². The number of anilines is 1. The summed E-state index contributed by atoms with van der Waals surface area (Å²) in [5.74, 6) is 0.0294.